The quantitative estimate of drug-likeness (QED) is 0.481. The van der Waals surface area contributed by atoms with Crippen molar-refractivity contribution in [3.8, 4) is 11.8 Å². The zero-order chi connectivity index (χ0) is 20.5. The van der Waals surface area contributed by atoms with Gasteiger partial charge < -0.3 is 4.98 Å². The molecule has 0 fully saturated rings. The van der Waals surface area contributed by atoms with Gasteiger partial charge in [-0.05, 0) is 43.3 Å². The second-order valence-corrected chi connectivity index (χ2v) is 7.08. The van der Waals surface area contributed by atoms with E-state index in [1.807, 2.05) is 30.3 Å². The number of nitrogens with zero attached hydrogens (tertiary/aromatic N) is 4. The Bertz CT molecular complexity index is 1360. The van der Waals surface area contributed by atoms with E-state index in [4.69, 9.17) is 23.2 Å². The molecule has 0 saturated heterocycles. The van der Waals surface area contributed by atoms with Gasteiger partial charge in [-0.15, -0.1) is 0 Å². The maximum absolute atomic E-state index is 12.4. The summed E-state index contributed by atoms with van der Waals surface area (Å²) in [5.41, 5.74) is 2.24. The Balaban J connectivity index is 1.85. The average molecular weight is 422 g/mol. The van der Waals surface area contributed by atoms with Gasteiger partial charge in [0.15, 0.2) is 5.82 Å². The zero-order valence-electron chi connectivity index (χ0n) is 15.1. The van der Waals surface area contributed by atoms with Gasteiger partial charge in [-0.2, -0.15) is 10.4 Å². The Kier molecular flexibility index (Phi) is 4.93. The molecule has 4 aromatic rings. The number of aryl methyl sites for hydroxylation is 1. The molecule has 2 aromatic heterocycles. The zero-order valence-corrected chi connectivity index (χ0v) is 16.7. The van der Waals surface area contributed by atoms with Gasteiger partial charge >= 0.3 is 0 Å². The third kappa shape index (κ3) is 3.54. The third-order valence-electron chi connectivity index (χ3n) is 4.38. The topological polar surface area (TPSA) is 87.4 Å². The number of H-pyrrole nitrogens is 1. The lowest BCUT2D eigenvalue weighted by Gasteiger charge is -2.03. The minimum atomic E-state index is -0.378. The molecule has 4 rings (SSSR count). The van der Waals surface area contributed by atoms with E-state index in [0.717, 1.165) is 5.69 Å². The first-order chi connectivity index (χ1) is 14.0. The Morgan fingerprint density at radius 2 is 1.97 bits per heavy atom. The van der Waals surface area contributed by atoms with E-state index in [1.165, 1.54) is 6.07 Å². The van der Waals surface area contributed by atoms with E-state index in [-0.39, 0.29) is 17.0 Å². The normalized spacial score (nSPS) is 11.6. The fraction of sp³-hybridized carbons (Fsp3) is 0.0476. The van der Waals surface area contributed by atoms with Crippen molar-refractivity contribution in [2.75, 3.05) is 0 Å². The number of para-hydroxylation sites is 1. The van der Waals surface area contributed by atoms with Crippen molar-refractivity contribution in [3.05, 3.63) is 86.1 Å². The Morgan fingerprint density at radius 3 is 2.69 bits per heavy atom. The SMILES string of the molecule is Cc1nn(-c2ccccc2)c(Cl)c1C=C(C#N)c1nc2ccc(Cl)cc2c(=O)[nH]1. The summed E-state index contributed by atoms with van der Waals surface area (Å²) in [7, 11) is 0. The summed E-state index contributed by atoms with van der Waals surface area (Å²) in [6.45, 7) is 1.80. The van der Waals surface area contributed by atoms with E-state index < -0.39 is 0 Å². The van der Waals surface area contributed by atoms with Gasteiger partial charge in [-0.3, -0.25) is 4.79 Å². The third-order valence-corrected chi connectivity index (χ3v) is 4.98. The molecule has 6 nitrogen and oxygen atoms in total. The summed E-state index contributed by atoms with van der Waals surface area (Å²) >= 11 is 12.5. The molecular formula is C21H13Cl2N5O. The van der Waals surface area contributed by atoms with E-state index >= 15 is 0 Å². The van der Waals surface area contributed by atoms with Crippen LogP contribution in [0.1, 0.15) is 17.1 Å². The monoisotopic (exact) mass is 421 g/mol. The molecular weight excluding hydrogens is 409 g/mol. The Morgan fingerprint density at radius 1 is 1.21 bits per heavy atom. The Labute approximate surface area is 175 Å². The maximum atomic E-state index is 12.4. The second kappa shape index (κ2) is 7.55. The van der Waals surface area contributed by atoms with Crippen LogP contribution in [0.2, 0.25) is 10.2 Å². The lowest BCUT2D eigenvalue weighted by Crippen LogP contribution is -2.11. The minimum absolute atomic E-state index is 0.148. The molecule has 0 aliphatic rings. The molecule has 0 bridgehead atoms. The summed E-state index contributed by atoms with van der Waals surface area (Å²) in [6, 6.07) is 16.3. The van der Waals surface area contributed by atoms with Crippen LogP contribution in [0.15, 0.2) is 53.3 Å². The molecule has 0 aliphatic heterocycles. The number of allylic oxidation sites excluding steroid dienone is 1. The number of rotatable bonds is 3. The van der Waals surface area contributed by atoms with Gasteiger partial charge in [0.1, 0.15) is 11.2 Å². The molecule has 2 heterocycles. The van der Waals surface area contributed by atoms with Crippen LogP contribution in [0.5, 0.6) is 0 Å². The molecule has 142 valence electrons. The van der Waals surface area contributed by atoms with Crippen molar-refractivity contribution >= 4 is 45.8 Å². The lowest BCUT2D eigenvalue weighted by atomic mass is 10.1. The molecule has 0 radical (unpaired) electrons. The number of benzene rings is 2. The van der Waals surface area contributed by atoms with Gasteiger partial charge in [-0.1, -0.05) is 41.4 Å². The summed E-state index contributed by atoms with van der Waals surface area (Å²) < 4.78 is 1.59. The molecule has 0 aliphatic carbocycles. The van der Waals surface area contributed by atoms with Gasteiger partial charge in [-0.25, -0.2) is 9.67 Å². The predicted octanol–water partition coefficient (Wildman–Crippen LogP) is 4.79. The van der Waals surface area contributed by atoms with Crippen LogP contribution in [0.3, 0.4) is 0 Å². The van der Waals surface area contributed by atoms with Crippen LogP contribution in [-0.4, -0.2) is 19.7 Å². The van der Waals surface area contributed by atoms with Crippen molar-refractivity contribution in [3.63, 3.8) is 0 Å². The van der Waals surface area contributed by atoms with Crippen LogP contribution >= 0.6 is 23.2 Å². The van der Waals surface area contributed by atoms with Crippen molar-refractivity contribution in [1.82, 2.24) is 19.7 Å². The number of nitrogens with one attached hydrogen (secondary N) is 1. The summed E-state index contributed by atoms with van der Waals surface area (Å²) in [4.78, 5) is 19.4. The molecule has 8 heteroatoms. The van der Waals surface area contributed by atoms with E-state index in [2.05, 4.69) is 21.1 Å². The highest BCUT2D eigenvalue weighted by molar-refractivity contribution is 6.32. The number of fused-ring (bicyclic) bond motifs is 1. The van der Waals surface area contributed by atoms with E-state index in [0.29, 0.717) is 32.3 Å². The number of aromatic amines is 1. The Hall–Kier alpha value is -3.40. The number of hydrogen-bond acceptors (Lipinski definition) is 4. The van der Waals surface area contributed by atoms with Crippen LogP contribution in [0.25, 0.3) is 28.2 Å². The first-order valence-electron chi connectivity index (χ1n) is 8.60. The number of aromatic nitrogens is 4. The van der Waals surface area contributed by atoms with Gasteiger partial charge in [0.05, 0.1) is 27.9 Å². The van der Waals surface area contributed by atoms with E-state index in [9.17, 15) is 10.1 Å². The largest absolute Gasteiger partial charge is 0.305 e. The first kappa shape index (κ1) is 18.9. The summed E-state index contributed by atoms with van der Waals surface area (Å²) in [6.07, 6.45) is 1.57. The average Bonchev–Trinajstić information content (AvgIpc) is 3.01. The molecule has 0 amide bonds. The number of hydrogen-bond donors (Lipinski definition) is 1. The maximum Gasteiger partial charge on any atom is 0.259 e. The van der Waals surface area contributed by atoms with Gasteiger partial charge in [0, 0.05) is 10.6 Å². The molecule has 2 aromatic carbocycles. The molecule has 29 heavy (non-hydrogen) atoms. The van der Waals surface area contributed by atoms with Crippen molar-refractivity contribution in [2.45, 2.75) is 6.92 Å². The molecule has 0 saturated carbocycles. The van der Waals surface area contributed by atoms with Crippen LogP contribution < -0.4 is 5.56 Å². The smallest absolute Gasteiger partial charge is 0.259 e. The van der Waals surface area contributed by atoms with Crippen LogP contribution in [0.4, 0.5) is 0 Å². The van der Waals surface area contributed by atoms with Crippen molar-refractivity contribution in [2.24, 2.45) is 0 Å². The fourth-order valence-corrected chi connectivity index (χ4v) is 3.45. The number of nitriles is 1. The van der Waals surface area contributed by atoms with Crippen LogP contribution in [-0.2, 0) is 0 Å². The lowest BCUT2D eigenvalue weighted by molar-refractivity contribution is 0.863. The highest BCUT2D eigenvalue weighted by Crippen LogP contribution is 2.27. The molecule has 0 atom stereocenters. The minimum Gasteiger partial charge on any atom is -0.305 e. The number of halogens is 2. The first-order valence-corrected chi connectivity index (χ1v) is 9.36. The van der Waals surface area contributed by atoms with Gasteiger partial charge in [0.2, 0.25) is 0 Å². The summed E-state index contributed by atoms with van der Waals surface area (Å²) in [5, 5.41) is 15.3. The molecule has 0 unspecified atom stereocenters. The summed E-state index contributed by atoms with van der Waals surface area (Å²) in [5.74, 6) is 0.148. The van der Waals surface area contributed by atoms with Crippen molar-refractivity contribution < 1.29 is 0 Å². The molecule has 0 spiro atoms. The highest BCUT2D eigenvalue weighted by atomic mass is 35.5. The predicted molar refractivity (Wildman–Crippen MR) is 114 cm³/mol. The fourth-order valence-electron chi connectivity index (χ4n) is 2.95. The van der Waals surface area contributed by atoms with Crippen LogP contribution in [0, 0.1) is 18.3 Å². The molecule has 1 N–H and O–H groups in total. The second-order valence-electron chi connectivity index (χ2n) is 6.28. The highest BCUT2D eigenvalue weighted by Gasteiger charge is 2.16. The standard InChI is InChI=1S/C21H13Cl2N5O/c1-12-16(19(23)28(27-12)15-5-3-2-4-6-15)9-13(11-24)20-25-18-8-7-14(22)10-17(18)21(29)26-20/h2-10H,1H3,(H,25,26,29). The van der Waals surface area contributed by atoms with Gasteiger partial charge in [0.25, 0.3) is 5.56 Å². The van der Waals surface area contributed by atoms with Crippen molar-refractivity contribution in [1.29, 1.82) is 5.26 Å². The van der Waals surface area contributed by atoms with E-state index in [1.54, 1.807) is 29.8 Å².